The molecule has 0 aliphatic heterocycles. The van der Waals surface area contributed by atoms with E-state index in [0.29, 0.717) is 12.1 Å². The molecule has 0 aliphatic carbocycles. The number of benzene rings is 2. The summed E-state index contributed by atoms with van der Waals surface area (Å²) in [5.74, 6) is 0.738. The number of nitrogens with zero attached hydrogens (tertiary/aromatic N) is 3. The molecule has 2 aromatic heterocycles. The molecule has 0 spiro atoms. The number of urea groups is 1. The molecule has 0 atom stereocenters. The molecule has 2 heterocycles. The highest BCUT2D eigenvalue weighted by Gasteiger charge is 2.07. The maximum Gasteiger partial charge on any atom is 0.323 e. The first-order valence-corrected chi connectivity index (χ1v) is 8.70. The van der Waals surface area contributed by atoms with Crippen LogP contribution in [-0.2, 0) is 6.42 Å². The van der Waals surface area contributed by atoms with Crippen LogP contribution >= 0.6 is 0 Å². The molecule has 2 amide bonds. The number of aryl methyl sites for hydroxylation is 1. The lowest BCUT2D eigenvalue weighted by atomic mass is 10.1. The van der Waals surface area contributed by atoms with E-state index in [0.717, 1.165) is 28.3 Å². The van der Waals surface area contributed by atoms with Gasteiger partial charge in [-0.2, -0.15) is 5.10 Å². The van der Waals surface area contributed by atoms with Crippen molar-refractivity contribution >= 4 is 23.1 Å². The minimum absolute atomic E-state index is 0.303. The fourth-order valence-electron chi connectivity index (χ4n) is 2.79. The Bertz CT molecular complexity index is 1070. The van der Waals surface area contributed by atoms with E-state index in [-0.39, 0.29) is 6.03 Å². The van der Waals surface area contributed by atoms with Crippen molar-refractivity contribution < 1.29 is 4.79 Å². The fraction of sp³-hybridized carbons (Fsp3) is 0.0952. The van der Waals surface area contributed by atoms with Crippen LogP contribution in [0.4, 0.5) is 16.2 Å². The van der Waals surface area contributed by atoms with Crippen molar-refractivity contribution in [3.63, 3.8) is 0 Å². The van der Waals surface area contributed by atoms with Crippen LogP contribution in [0.15, 0.2) is 72.9 Å². The maximum atomic E-state index is 12.2. The number of hydrogen-bond acceptors (Lipinski definition) is 3. The van der Waals surface area contributed by atoms with E-state index in [9.17, 15) is 4.79 Å². The largest absolute Gasteiger partial charge is 0.323 e. The number of aromatic nitrogens is 3. The summed E-state index contributed by atoms with van der Waals surface area (Å²) in [5.41, 5.74) is 4.42. The summed E-state index contributed by atoms with van der Waals surface area (Å²) in [6.45, 7) is 2.00. The Labute approximate surface area is 156 Å². The number of rotatable bonds is 4. The van der Waals surface area contributed by atoms with Crippen molar-refractivity contribution in [3.8, 4) is 0 Å². The van der Waals surface area contributed by atoms with Crippen LogP contribution < -0.4 is 10.6 Å². The Morgan fingerprint density at radius 3 is 2.41 bits per heavy atom. The van der Waals surface area contributed by atoms with E-state index in [4.69, 9.17) is 0 Å². The summed E-state index contributed by atoms with van der Waals surface area (Å²) in [6.07, 6.45) is 2.42. The molecule has 4 aromatic rings. The molecule has 6 heteroatoms. The molecule has 0 radical (unpaired) electrons. The monoisotopic (exact) mass is 357 g/mol. The van der Waals surface area contributed by atoms with Crippen LogP contribution in [-0.4, -0.2) is 20.6 Å². The van der Waals surface area contributed by atoms with Crippen molar-refractivity contribution in [2.75, 3.05) is 10.6 Å². The van der Waals surface area contributed by atoms with Gasteiger partial charge in [0.1, 0.15) is 0 Å². The van der Waals surface area contributed by atoms with Crippen molar-refractivity contribution in [1.29, 1.82) is 0 Å². The molecular weight excluding hydrogens is 338 g/mol. The zero-order valence-corrected chi connectivity index (χ0v) is 14.9. The first-order chi connectivity index (χ1) is 13.2. The Morgan fingerprint density at radius 2 is 1.63 bits per heavy atom. The highest BCUT2D eigenvalue weighted by molar-refractivity contribution is 5.99. The lowest BCUT2D eigenvalue weighted by Crippen LogP contribution is -2.19. The van der Waals surface area contributed by atoms with Gasteiger partial charge in [0.2, 0.25) is 0 Å². The second-order valence-corrected chi connectivity index (χ2v) is 6.36. The molecule has 4 rings (SSSR count). The third-order valence-electron chi connectivity index (χ3n) is 4.15. The topological polar surface area (TPSA) is 71.3 Å². The summed E-state index contributed by atoms with van der Waals surface area (Å²) < 4.78 is 1.68. The lowest BCUT2D eigenvalue weighted by Gasteiger charge is -2.08. The van der Waals surface area contributed by atoms with E-state index in [2.05, 4.69) is 20.7 Å². The van der Waals surface area contributed by atoms with Crippen molar-refractivity contribution in [2.45, 2.75) is 13.3 Å². The van der Waals surface area contributed by atoms with Gasteiger partial charge >= 0.3 is 6.03 Å². The molecular formula is C21H19N5O. The van der Waals surface area contributed by atoms with Crippen molar-refractivity contribution in [3.05, 3.63) is 89.9 Å². The summed E-state index contributed by atoms with van der Waals surface area (Å²) in [7, 11) is 0. The Kier molecular flexibility index (Phi) is 4.53. The summed E-state index contributed by atoms with van der Waals surface area (Å²) >= 11 is 0. The SMILES string of the molecule is Cc1ccc(NC(=O)Nc2ccc3nc(Cc4ccccc4)nn3c2)cc1. The van der Waals surface area contributed by atoms with Gasteiger partial charge in [-0.3, -0.25) is 0 Å². The van der Waals surface area contributed by atoms with Crippen molar-refractivity contribution in [1.82, 2.24) is 14.6 Å². The number of nitrogens with one attached hydrogen (secondary N) is 2. The van der Waals surface area contributed by atoms with Crippen molar-refractivity contribution in [2.24, 2.45) is 0 Å². The summed E-state index contributed by atoms with van der Waals surface area (Å²) in [6, 6.07) is 21.1. The second-order valence-electron chi connectivity index (χ2n) is 6.36. The Morgan fingerprint density at radius 1 is 0.926 bits per heavy atom. The molecule has 2 N–H and O–H groups in total. The third kappa shape index (κ3) is 4.12. The van der Waals surface area contributed by atoms with Gasteiger partial charge < -0.3 is 10.6 Å². The summed E-state index contributed by atoms with van der Waals surface area (Å²) in [4.78, 5) is 16.7. The fourth-order valence-corrected chi connectivity index (χ4v) is 2.79. The second kappa shape index (κ2) is 7.29. The number of carbonyl (C=O) groups is 1. The number of anilines is 2. The normalized spacial score (nSPS) is 10.7. The van der Waals surface area contributed by atoms with Crippen LogP contribution in [0.25, 0.3) is 5.65 Å². The van der Waals surface area contributed by atoms with E-state index >= 15 is 0 Å². The van der Waals surface area contributed by atoms with Crippen LogP contribution in [0.1, 0.15) is 17.0 Å². The van der Waals surface area contributed by atoms with Gasteiger partial charge in [0, 0.05) is 12.1 Å². The number of pyridine rings is 1. The number of fused-ring (bicyclic) bond motifs is 1. The molecule has 2 aromatic carbocycles. The predicted octanol–water partition coefficient (Wildman–Crippen LogP) is 4.27. The van der Waals surface area contributed by atoms with E-state index in [1.54, 1.807) is 10.7 Å². The molecule has 0 bridgehead atoms. The quantitative estimate of drug-likeness (QED) is 0.573. The first-order valence-electron chi connectivity index (χ1n) is 8.70. The van der Waals surface area contributed by atoms with Crippen LogP contribution in [0.3, 0.4) is 0 Å². The predicted molar refractivity (Wildman–Crippen MR) is 106 cm³/mol. The third-order valence-corrected chi connectivity index (χ3v) is 4.15. The molecule has 0 unspecified atom stereocenters. The molecule has 6 nitrogen and oxygen atoms in total. The van der Waals surface area contributed by atoms with Crippen LogP contribution in [0, 0.1) is 6.92 Å². The molecule has 134 valence electrons. The molecule has 27 heavy (non-hydrogen) atoms. The number of carbonyl (C=O) groups excluding carboxylic acids is 1. The molecule has 0 saturated carbocycles. The summed E-state index contributed by atoms with van der Waals surface area (Å²) in [5, 5.41) is 10.1. The van der Waals surface area contributed by atoms with E-state index in [1.165, 1.54) is 0 Å². The average Bonchev–Trinajstić information content (AvgIpc) is 3.06. The minimum atomic E-state index is -0.303. The number of hydrogen-bond donors (Lipinski definition) is 2. The van der Waals surface area contributed by atoms with Crippen LogP contribution in [0.5, 0.6) is 0 Å². The smallest absolute Gasteiger partial charge is 0.308 e. The van der Waals surface area contributed by atoms with E-state index in [1.807, 2.05) is 73.7 Å². The van der Waals surface area contributed by atoms with Gasteiger partial charge in [0.05, 0.1) is 11.9 Å². The lowest BCUT2D eigenvalue weighted by molar-refractivity contribution is 0.262. The average molecular weight is 357 g/mol. The van der Waals surface area contributed by atoms with Gasteiger partial charge in [0.25, 0.3) is 0 Å². The standard InChI is InChI=1S/C21H19N5O/c1-15-7-9-17(10-8-15)22-21(27)23-18-11-12-20-24-19(25-26(20)14-18)13-16-5-3-2-4-6-16/h2-12,14H,13H2,1H3,(H2,22,23,27). The van der Waals surface area contributed by atoms with Gasteiger partial charge in [-0.1, -0.05) is 48.0 Å². The highest BCUT2D eigenvalue weighted by Crippen LogP contribution is 2.13. The highest BCUT2D eigenvalue weighted by atomic mass is 16.2. The molecule has 0 saturated heterocycles. The van der Waals surface area contributed by atoms with E-state index < -0.39 is 0 Å². The zero-order chi connectivity index (χ0) is 18.6. The zero-order valence-electron chi connectivity index (χ0n) is 14.9. The first kappa shape index (κ1) is 16.8. The number of amides is 2. The van der Waals surface area contributed by atoms with Gasteiger partial charge in [-0.25, -0.2) is 14.3 Å². The Balaban J connectivity index is 1.46. The minimum Gasteiger partial charge on any atom is -0.308 e. The van der Waals surface area contributed by atoms with Gasteiger partial charge in [-0.15, -0.1) is 0 Å². The molecule has 0 aliphatic rings. The Hall–Kier alpha value is -3.67. The maximum absolute atomic E-state index is 12.2. The van der Waals surface area contributed by atoms with Crippen LogP contribution in [0.2, 0.25) is 0 Å². The molecule has 0 fully saturated rings. The van der Waals surface area contributed by atoms with Gasteiger partial charge in [-0.05, 0) is 36.8 Å². The van der Waals surface area contributed by atoms with Gasteiger partial charge in [0.15, 0.2) is 11.5 Å².